The molecule has 0 aliphatic carbocycles. The van der Waals surface area contributed by atoms with Crippen LogP contribution < -0.4 is 4.72 Å². The van der Waals surface area contributed by atoms with E-state index in [0.29, 0.717) is 5.56 Å². The quantitative estimate of drug-likeness (QED) is 0.808. The molecule has 0 aliphatic rings. The lowest BCUT2D eigenvalue weighted by atomic mass is 10.0. The molecule has 1 aromatic rings. The highest BCUT2D eigenvalue weighted by Crippen LogP contribution is 2.11. The van der Waals surface area contributed by atoms with Gasteiger partial charge in [0.2, 0.25) is 10.0 Å². The van der Waals surface area contributed by atoms with Gasteiger partial charge in [-0.2, -0.15) is 0 Å². The fraction of sp³-hybridized carbons (Fsp3) is 0.500. The van der Waals surface area contributed by atoms with Crippen molar-refractivity contribution < 1.29 is 18.3 Å². The largest absolute Gasteiger partial charge is 0.478 e. The zero-order valence-corrected chi connectivity index (χ0v) is 12.8. The molecule has 0 radical (unpaired) electrons. The third-order valence-electron chi connectivity index (χ3n) is 3.42. The van der Waals surface area contributed by atoms with Crippen LogP contribution in [0.2, 0.25) is 0 Å². The first-order valence-electron chi connectivity index (χ1n) is 6.57. The summed E-state index contributed by atoms with van der Waals surface area (Å²) in [4.78, 5) is 10.7. The van der Waals surface area contributed by atoms with E-state index < -0.39 is 16.0 Å². The van der Waals surface area contributed by atoms with Crippen molar-refractivity contribution in [2.24, 2.45) is 5.92 Å². The Morgan fingerprint density at radius 3 is 2.25 bits per heavy atom. The van der Waals surface area contributed by atoms with Gasteiger partial charge in [0, 0.05) is 6.04 Å². The van der Waals surface area contributed by atoms with Crippen LogP contribution in [-0.2, 0) is 15.8 Å². The molecule has 0 saturated heterocycles. The van der Waals surface area contributed by atoms with E-state index in [2.05, 4.69) is 4.72 Å². The van der Waals surface area contributed by atoms with Crippen molar-refractivity contribution in [3.8, 4) is 0 Å². The number of hydrogen-bond acceptors (Lipinski definition) is 3. The summed E-state index contributed by atoms with van der Waals surface area (Å²) in [5, 5.41) is 8.78. The fourth-order valence-corrected chi connectivity index (χ4v) is 3.27. The third-order valence-corrected chi connectivity index (χ3v) is 4.86. The number of aromatic carboxylic acids is 1. The second-order valence-corrected chi connectivity index (χ2v) is 6.81. The van der Waals surface area contributed by atoms with Gasteiger partial charge in [0.25, 0.3) is 0 Å². The maximum Gasteiger partial charge on any atom is 0.335 e. The van der Waals surface area contributed by atoms with E-state index in [-0.39, 0.29) is 23.3 Å². The van der Waals surface area contributed by atoms with Gasteiger partial charge in [-0.25, -0.2) is 17.9 Å². The normalized spacial score (nSPS) is 14.8. The molecule has 0 saturated carbocycles. The highest BCUT2D eigenvalue weighted by atomic mass is 32.2. The van der Waals surface area contributed by atoms with Gasteiger partial charge in [0.05, 0.1) is 11.3 Å². The zero-order valence-electron chi connectivity index (χ0n) is 12.0. The van der Waals surface area contributed by atoms with Crippen LogP contribution in [0.25, 0.3) is 0 Å². The first kappa shape index (κ1) is 16.7. The van der Waals surface area contributed by atoms with Crippen molar-refractivity contribution in [2.75, 3.05) is 0 Å². The number of carbonyl (C=O) groups is 1. The summed E-state index contributed by atoms with van der Waals surface area (Å²) in [6, 6.07) is 5.74. The summed E-state index contributed by atoms with van der Waals surface area (Å²) >= 11 is 0. The fourth-order valence-electron chi connectivity index (χ4n) is 1.76. The SMILES string of the molecule is CCC(C)C(C)NS(=O)(=O)Cc1ccc(C(=O)O)cc1. The average molecular weight is 299 g/mol. The molecular formula is C14H21NO4S. The summed E-state index contributed by atoms with van der Waals surface area (Å²) in [7, 11) is -3.42. The van der Waals surface area contributed by atoms with E-state index in [1.165, 1.54) is 24.3 Å². The molecule has 0 amide bonds. The van der Waals surface area contributed by atoms with Crippen LogP contribution in [0.1, 0.15) is 43.1 Å². The third kappa shape index (κ3) is 4.94. The Hall–Kier alpha value is -1.40. The predicted octanol–water partition coefficient (Wildman–Crippen LogP) is 2.24. The predicted molar refractivity (Wildman–Crippen MR) is 78.1 cm³/mol. The van der Waals surface area contributed by atoms with E-state index in [1.807, 2.05) is 20.8 Å². The summed E-state index contributed by atoms with van der Waals surface area (Å²) in [6.45, 7) is 5.86. The monoisotopic (exact) mass is 299 g/mol. The van der Waals surface area contributed by atoms with Crippen molar-refractivity contribution in [3.63, 3.8) is 0 Å². The zero-order chi connectivity index (χ0) is 15.3. The van der Waals surface area contributed by atoms with Gasteiger partial charge >= 0.3 is 5.97 Å². The molecule has 1 rings (SSSR count). The first-order valence-corrected chi connectivity index (χ1v) is 8.22. The van der Waals surface area contributed by atoms with E-state index in [4.69, 9.17) is 5.11 Å². The van der Waals surface area contributed by atoms with Crippen LogP contribution >= 0.6 is 0 Å². The summed E-state index contributed by atoms with van der Waals surface area (Å²) in [5.74, 6) is -0.907. The smallest absolute Gasteiger partial charge is 0.335 e. The maximum atomic E-state index is 12.0. The topological polar surface area (TPSA) is 83.5 Å². The van der Waals surface area contributed by atoms with E-state index in [9.17, 15) is 13.2 Å². The molecule has 0 aromatic heterocycles. The molecule has 0 bridgehead atoms. The molecule has 0 heterocycles. The van der Waals surface area contributed by atoms with Crippen LogP contribution in [0.4, 0.5) is 0 Å². The van der Waals surface area contributed by atoms with Gasteiger partial charge in [-0.1, -0.05) is 32.4 Å². The second-order valence-electron chi connectivity index (χ2n) is 5.05. The maximum absolute atomic E-state index is 12.0. The number of carboxylic acid groups (broad SMARTS) is 1. The summed E-state index contributed by atoms with van der Waals surface area (Å²) in [6.07, 6.45) is 0.900. The van der Waals surface area contributed by atoms with Gasteiger partial charge < -0.3 is 5.11 Å². The molecule has 2 N–H and O–H groups in total. The van der Waals surface area contributed by atoms with Crippen molar-refractivity contribution >= 4 is 16.0 Å². The Morgan fingerprint density at radius 1 is 1.25 bits per heavy atom. The summed E-state index contributed by atoms with van der Waals surface area (Å²) < 4.78 is 26.7. The van der Waals surface area contributed by atoms with Gasteiger partial charge in [-0.3, -0.25) is 0 Å². The lowest BCUT2D eigenvalue weighted by Gasteiger charge is -2.19. The van der Waals surface area contributed by atoms with Crippen molar-refractivity contribution in [1.29, 1.82) is 0 Å². The first-order chi connectivity index (χ1) is 9.25. The number of hydrogen-bond donors (Lipinski definition) is 2. The molecule has 0 spiro atoms. The highest BCUT2D eigenvalue weighted by molar-refractivity contribution is 7.88. The minimum Gasteiger partial charge on any atom is -0.478 e. The van der Waals surface area contributed by atoms with Gasteiger partial charge in [-0.05, 0) is 30.5 Å². The Morgan fingerprint density at radius 2 is 1.80 bits per heavy atom. The van der Waals surface area contributed by atoms with E-state index in [0.717, 1.165) is 6.42 Å². The Labute approximate surface area is 120 Å². The summed E-state index contributed by atoms with van der Waals surface area (Å²) in [5.41, 5.74) is 0.714. The van der Waals surface area contributed by atoms with Gasteiger partial charge in [0.1, 0.15) is 0 Å². The molecule has 112 valence electrons. The lowest BCUT2D eigenvalue weighted by Crippen LogP contribution is -2.37. The number of rotatable bonds is 7. The number of benzene rings is 1. The van der Waals surface area contributed by atoms with Crippen LogP contribution in [-0.4, -0.2) is 25.5 Å². The number of nitrogens with one attached hydrogen (secondary N) is 1. The minimum absolute atomic E-state index is 0.122. The number of sulfonamides is 1. The molecule has 5 nitrogen and oxygen atoms in total. The van der Waals surface area contributed by atoms with Crippen LogP contribution in [0.3, 0.4) is 0 Å². The Kier molecular flexibility index (Phi) is 5.71. The molecule has 0 fully saturated rings. The van der Waals surface area contributed by atoms with Crippen LogP contribution in [0, 0.1) is 5.92 Å². The number of carboxylic acids is 1. The standard InChI is InChI=1S/C14H21NO4S/c1-4-10(2)11(3)15-20(18,19)9-12-5-7-13(8-6-12)14(16)17/h5-8,10-11,15H,4,9H2,1-3H3,(H,16,17). The van der Waals surface area contributed by atoms with Gasteiger partial charge in [0.15, 0.2) is 0 Å². The van der Waals surface area contributed by atoms with Crippen LogP contribution in [0.15, 0.2) is 24.3 Å². The average Bonchev–Trinajstić information content (AvgIpc) is 2.37. The molecule has 0 aliphatic heterocycles. The van der Waals surface area contributed by atoms with E-state index in [1.54, 1.807) is 0 Å². The molecule has 6 heteroatoms. The minimum atomic E-state index is -3.42. The van der Waals surface area contributed by atoms with Gasteiger partial charge in [-0.15, -0.1) is 0 Å². The Balaban J connectivity index is 2.73. The van der Waals surface area contributed by atoms with Crippen molar-refractivity contribution in [3.05, 3.63) is 35.4 Å². The molecule has 2 unspecified atom stereocenters. The molecular weight excluding hydrogens is 278 g/mol. The van der Waals surface area contributed by atoms with Crippen molar-refractivity contribution in [1.82, 2.24) is 4.72 Å². The van der Waals surface area contributed by atoms with Crippen LogP contribution in [0.5, 0.6) is 0 Å². The molecule has 2 atom stereocenters. The molecule has 20 heavy (non-hydrogen) atoms. The highest BCUT2D eigenvalue weighted by Gasteiger charge is 2.18. The molecule has 1 aromatic carbocycles. The lowest BCUT2D eigenvalue weighted by molar-refractivity contribution is 0.0697. The van der Waals surface area contributed by atoms with Crippen molar-refractivity contribution in [2.45, 2.75) is 39.0 Å². The Bertz CT molecular complexity index is 551. The second kappa shape index (κ2) is 6.85. The van der Waals surface area contributed by atoms with E-state index >= 15 is 0 Å².